The van der Waals surface area contributed by atoms with E-state index >= 15 is 0 Å². The molecule has 9 heteroatoms. The molecule has 0 spiro atoms. The number of nitrogens with zero attached hydrogens (tertiary/aromatic N) is 2. The summed E-state index contributed by atoms with van der Waals surface area (Å²) in [5, 5.41) is 19.8. The number of sulfonamides is 1. The Hall–Kier alpha value is -1.58. The molecule has 1 atom stereocenters. The number of nitro benzene ring substituents is 1. The second-order valence-electron chi connectivity index (χ2n) is 4.90. The molecule has 0 radical (unpaired) electrons. The molecule has 1 unspecified atom stereocenters. The molecule has 0 aromatic heterocycles. The van der Waals surface area contributed by atoms with Crippen LogP contribution in [0.3, 0.4) is 0 Å². The van der Waals surface area contributed by atoms with Crippen LogP contribution in [-0.4, -0.2) is 42.4 Å². The van der Waals surface area contributed by atoms with Gasteiger partial charge in [0, 0.05) is 19.7 Å². The molecule has 1 fully saturated rings. The van der Waals surface area contributed by atoms with Gasteiger partial charge in [-0.1, -0.05) is 0 Å². The van der Waals surface area contributed by atoms with Gasteiger partial charge in [0.2, 0.25) is 10.0 Å². The summed E-state index contributed by atoms with van der Waals surface area (Å²) in [6.07, 6.45) is 1.08. The van der Waals surface area contributed by atoms with Crippen LogP contribution in [-0.2, 0) is 10.0 Å². The highest BCUT2D eigenvalue weighted by Gasteiger charge is 2.36. The molecule has 0 aliphatic carbocycles. The largest absolute Gasteiger partial charge is 0.396 e. The smallest absolute Gasteiger partial charge is 0.292 e. The molecule has 7 nitrogen and oxygen atoms in total. The predicted octanol–water partition coefficient (Wildman–Crippen LogP) is 1.13. The fourth-order valence-electron chi connectivity index (χ4n) is 2.42. The number of nitro groups is 1. The van der Waals surface area contributed by atoms with E-state index in [2.05, 4.69) is 0 Å². The summed E-state index contributed by atoms with van der Waals surface area (Å²) in [5.74, 6) is -0.829. The van der Waals surface area contributed by atoms with Crippen LogP contribution >= 0.6 is 0 Å². The van der Waals surface area contributed by atoms with Gasteiger partial charge in [-0.05, 0) is 30.9 Å². The van der Waals surface area contributed by atoms with Gasteiger partial charge >= 0.3 is 0 Å². The van der Waals surface area contributed by atoms with Crippen molar-refractivity contribution < 1.29 is 22.8 Å². The van der Waals surface area contributed by atoms with E-state index in [1.54, 1.807) is 0 Å². The maximum Gasteiger partial charge on any atom is 0.292 e. The third-order valence-corrected chi connectivity index (χ3v) is 5.43. The van der Waals surface area contributed by atoms with Crippen LogP contribution in [0.5, 0.6) is 0 Å². The first-order valence-electron chi connectivity index (χ1n) is 6.41. The lowest BCUT2D eigenvalue weighted by Crippen LogP contribution is -2.29. The van der Waals surface area contributed by atoms with E-state index in [1.807, 2.05) is 0 Å². The maximum atomic E-state index is 13.1. The number of hydrogen-bond acceptors (Lipinski definition) is 5. The lowest BCUT2D eigenvalue weighted by Gasteiger charge is -2.16. The van der Waals surface area contributed by atoms with Crippen LogP contribution in [0.15, 0.2) is 23.1 Å². The molecule has 1 aromatic rings. The summed E-state index contributed by atoms with van der Waals surface area (Å²) in [6, 6.07) is 2.41. The van der Waals surface area contributed by atoms with Gasteiger partial charge < -0.3 is 5.11 Å². The standard InChI is InChI=1S/C12H15FN2O5S/c13-10-1-2-12(11(7-10)15(17)18)21(19,20)14-5-3-9(8-14)4-6-16/h1-2,7,9,16H,3-6,8H2. The molecule has 116 valence electrons. The van der Waals surface area contributed by atoms with Gasteiger partial charge in [-0.25, -0.2) is 12.8 Å². The zero-order chi connectivity index (χ0) is 15.6. The summed E-state index contributed by atoms with van der Waals surface area (Å²) >= 11 is 0. The Bertz CT molecular complexity index is 649. The lowest BCUT2D eigenvalue weighted by atomic mass is 10.1. The van der Waals surface area contributed by atoms with Crippen molar-refractivity contribution in [1.29, 1.82) is 0 Å². The van der Waals surface area contributed by atoms with Gasteiger partial charge in [0.15, 0.2) is 4.90 Å². The Morgan fingerprint density at radius 2 is 2.19 bits per heavy atom. The second kappa shape index (κ2) is 6.04. The van der Waals surface area contributed by atoms with E-state index < -0.39 is 31.3 Å². The van der Waals surface area contributed by atoms with Crippen LogP contribution in [0.2, 0.25) is 0 Å². The Labute approximate surface area is 121 Å². The fraction of sp³-hybridized carbons (Fsp3) is 0.500. The SMILES string of the molecule is O=[N+]([O-])c1cc(F)ccc1S(=O)(=O)N1CCC(CCO)C1. The molecule has 1 saturated heterocycles. The molecular formula is C12H15FN2O5S. The highest BCUT2D eigenvalue weighted by molar-refractivity contribution is 7.89. The molecule has 1 aliphatic heterocycles. The maximum absolute atomic E-state index is 13.1. The first kappa shape index (κ1) is 15.8. The van der Waals surface area contributed by atoms with Crippen molar-refractivity contribution in [3.05, 3.63) is 34.1 Å². The third kappa shape index (κ3) is 3.20. The molecule has 1 N–H and O–H groups in total. The molecule has 1 heterocycles. The fourth-order valence-corrected chi connectivity index (χ4v) is 4.09. The first-order chi connectivity index (χ1) is 9.86. The Kier molecular flexibility index (Phi) is 4.55. The van der Waals surface area contributed by atoms with E-state index in [4.69, 9.17) is 5.11 Å². The minimum Gasteiger partial charge on any atom is -0.396 e. The van der Waals surface area contributed by atoms with Crippen LogP contribution in [0.4, 0.5) is 10.1 Å². The molecule has 0 amide bonds. The summed E-state index contributed by atoms with van der Waals surface area (Å²) in [5.41, 5.74) is -0.763. The summed E-state index contributed by atoms with van der Waals surface area (Å²) in [7, 11) is -4.04. The van der Waals surface area contributed by atoms with Crippen molar-refractivity contribution in [1.82, 2.24) is 4.31 Å². The van der Waals surface area contributed by atoms with Crippen molar-refractivity contribution in [2.24, 2.45) is 5.92 Å². The van der Waals surface area contributed by atoms with Gasteiger partial charge in [0.1, 0.15) is 5.82 Å². The van der Waals surface area contributed by atoms with Gasteiger partial charge in [0.25, 0.3) is 5.69 Å². The lowest BCUT2D eigenvalue weighted by molar-refractivity contribution is -0.388. The van der Waals surface area contributed by atoms with E-state index in [1.165, 1.54) is 0 Å². The minimum absolute atomic E-state index is 0.0317. The molecule has 2 rings (SSSR count). The Morgan fingerprint density at radius 3 is 2.81 bits per heavy atom. The average Bonchev–Trinajstić information content (AvgIpc) is 2.88. The quantitative estimate of drug-likeness (QED) is 0.648. The number of rotatable bonds is 5. The van der Waals surface area contributed by atoms with E-state index in [-0.39, 0.29) is 25.6 Å². The van der Waals surface area contributed by atoms with E-state index in [0.29, 0.717) is 18.9 Å². The van der Waals surface area contributed by atoms with Crippen molar-refractivity contribution in [3.63, 3.8) is 0 Å². The normalized spacial score (nSPS) is 19.8. The minimum atomic E-state index is -4.04. The number of benzene rings is 1. The van der Waals surface area contributed by atoms with E-state index in [9.17, 15) is 22.9 Å². The first-order valence-corrected chi connectivity index (χ1v) is 7.85. The van der Waals surface area contributed by atoms with E-state index in [0.717, 1.165) is 16.4 Å². The zero-order valence-electron chi connectivity index (χ0n) is 11.1. The summed E-state index contributed by atoms with van der Waals surface area (Å²) < 4.78 is 39.2. The van der Waals surface area contributed by atoms with Crippen molar-refractivity contribution in [3.8, 4) is 0 Å². The molecule has 1 aromatic carbocycles. The van der Waals surface area contributed by atoms with Crippen LogP contribution in [0, 0.1) is 21.8 Å². The number of hydrogen-bond donors (Lipinski definition) is 1. The van der Waals surface area contributed by atoms with Crippen LogP contribution in [0.1, 0.15) is 12.8 Å². The molecular weight excluding hydrogens is 303 g/mol. The van der Waals surface area contributed by atoms with Crippen LogP contribution in [0.25, 0.3) is 0 Å². The van der Waals surface area contributed by atoms with Gasteiger partial charge in [-0.3, -0.25) is 10.1 Å². The Balaban J connectivity index is 2.35. The average molecular weight is 318 g/mol. The van der Waals surface area contributed by atoms with Gasteiger partial charge in [0.05, 0.1) is 11.0 Å². The monoisotopic (exact) mass is 318 g/mol. The number of aliphatic hydroxyl groups excluding tert-OH is 1. The van der Waals surface area contributed by atoms with Crippen molar-refractivity contribution in [2.45, 2.75) is 17.7 Å². The summed E-state index contributed by atoms with van der Waals surface area (Å²) in [6.45, 7) is 0.411. The third-order valence-electron chi connectivity index (χ3n) is 3.52. The van der Waals surface area contributed by atoms with Gasteiger partial charge in [-0.15, -0.1) is 0 Å². The van der Waals surface area contributed by atoms with Gasteiger partial charge in [-0.2, -0.15) is 4.31 Å². The molecule has 0 saturated carbocycles. The Morgan fingerprint density at radius 1 is 1.48 bits per heavy atom. The summed E-state index contributed by atoms with van der Waals surface area (Å²) in [4.78, 5) is 9.52. The predicted molar refractivity (Wildman–Crippen MR) is 71.6 cm³/mol. The highest BCUT2D eigenvalue weighted by Crippen LogP contribution is 2.31. The van der Waals surface area contributed by atoms with Crippen molar-refractivity contribution in [2.75, 3.05) is 19.7 Å². The number of halogens is 1. The topological polar surface area (TPSA) is 101 Å². The molecule has 21 heavy (non-hydrogen) atoms. The highest BCUT2D eigenvalue weighted by atomic mass is 32.2. The van der Waals surface area contributed by atoms with Crippen molar-refractivity contribution >= 4 is 15.7 Å². The molecule has 1 aliphatic rings. The zero-order valence-corrected chi connectivity index (χ0v) is 11.9. The number of aliphatic hydroxyl groups is 1. The molecule has 0 bridgehead atoms. The second-order valence-corrected chi connectivity index (χ2v) is 6.81. The van der Waals surface area contributed by atoms with Crippen LogP contribution < -0.4 is 0 Å².